The molecule has 3 amide bonds. The van der Waals surface area contributed by atoms with Crippen LogP contribution in [0.25, 0.3) is 0 Å². The van der Waals surface area contributed by atoms with Crippen molar-refractivity contribution in [1.29, 1.82) is 0 Å². The lowest BCUT2D eigenvalue weighted by molar-refractivity contribution is -0.114. The first-order valence-corrected chi connectivity index (χ1v) is 11.7. The smallest absolute Gasteiger partial charge is 0.410 e. The van der Waals surface area contributed by atoms with Crippen LogP contribution in [-0.2, 0) is 29.0 Å². The van der Waals surface area contributed by atoms with Crippen molar-refractivity contribution >= 4 is 23.6 Å². The van der Waals surface area contributed by atoms with E-state index in [0.717, 1.165) is 16.8 Å². The fourth-order valence-corrected chi connectivity index (χ4v) is 4.63. The normalized spacial score (nSPS) is 18.8. The fourth-order valence-electron chi connectivity index (χ4n) is 4.63. The third-order valence-corrected chi connectivity index (χ3v) is 6.28. The molecule has 3 heterocycles. The van der Waals surface area contributed by atoms with Crippen LogP contribution in [0.4, 0.5) is 10.5 Å². The number of carbonyl (C=O) groups is 3. The monoisotopic (exact) mass is 467 g/mol. The summed E-state index contributed by atoms with van der Waals surface area (Å²) in [6.45, 7) is 12.4. The highest BCUT2D eigenvalue weighted by atomic mass is 16.6. The van der Waals surface area contributed by atoms with Gasteiger partial charge in [-0.1, -0.05) is 12.1 Å². The summed E-state index contributed by atoms with van der Waals surface area (Å²) in [5, 5.41) is 7.51. The third kappa shape index (κ3) is 4.64. The minimum atomic E-state index is -0.594. The van der Waals surface area contributed by atoms with Crippen LogP contribution in [0, 0.1) is 0 Å². The second-order valence-corrected chi connectivity index (χ2v) is 10.1. The van der Waals surface area contributed by atoms with Crippen molar-refractivity contribution in [2.75, 3.05) is 11.9 Å². The second-order valence-electron chi connectivity index (χ2n) is 10.1. The highest BCUT2D eigenvalue weighted by molar-refractivity contribution is 5.95. The quantitative estimate of drug-likeness (QED) is 0.742. The van der Waals surface area contributed by atoms with Gasteiger partial charge in [-0.15, -0.1) is 0 Å². The van der Waals surface area contributed by atoms with E-state index in [9.17, 15) is 14.4 Å². The number of aromatic nitrogens is 2. The highest BCUT2D eigenvalue weighted by Crippen LogP contribution is 2.32. The SMILES string of the molecule is CC(=O)Nc1cccc(C(C)N2CCn3nc4c(c3C2=O)CN(C(=O)OC(C)(C)C)[C@H](C)C4)c1. The van der Waals surface area contributed by atoms with E-state index in [0.29, 0.717) is 37.4 Å². The topological polar surface area (TPSA) is 96.8 Å². The Morgan fingerprint density at radius 3 is 2.65 bits per heavy atom. The van der Waals surface area contributed by atoms with E-state index in [1.807, 2.05) is 63.8 Å². The molecule has 0 saturated heterocycles. The van der Waals surface area contributed by atoms with Crippen LogP contribution >= 0.6 is 0 Å². The van der Waals surface area contributed by atoms with Crippen molar-refractivity contribution in [3.8, 4) is 0 Å². The zero-order valence-corrected chi connectivity index (χ0v) is 20.7. The molecule has 1 N–H and O–H groups in total. The number of rotatable bonds is 3. The summed E-state index contributed by atoms with van der Waals surface area (Å²) >= 11 is 0. The molecule has 2 aromatic rings. The number of fused-ring (bicyclic) bond motifs is 3. The number of nitrogens with one attached hydrogen (secondary N) is 1. The number of carbonyl (C=O) groups excluding carboxylic acids is 3. The van der Waals surface area contributed by atoms with Crippen LogP contribution in [0.1, 0.15) is 74.9 Å². The van der Waals surface area contributed by atoms with Gasteiger partial charge in [0.2, 0.25) is 5.91 Å². The Bertz CT molecular complexity index is 1130. The van der Waals surface area contributed by atoms with Crippen LogP contribution in [-0.4, -0.2) is 55.7 Å². The molecule has 0 fully saturated rings. The number of amides is 3. The van der Waals surface area contributed by atoms with Crippen LogP contribution < -0.4 is 5.32 Å². The molecule has 1 unspecified atom stereocenters. The second kappa shape index (κ2) is 8.77. The largest absolute Gasteiger partial charge is 0.444 e. The molecule has 0 radical (unpaired) electrons. The minimum Gasteiger partial charge on any atom is -0.444 e. The summed E-state index contributed by atoms with van der Waals surface area (Å²) in [4.78, 5) is 41.5. The van der Waals surface area contributed by atoms with Gasteiger partial charge in [0, 0.05) is 37.2 Å². The number of hydrogen-bond acceptors (Lipinski definition) is 5. The molecule has 1 aromatic heterocycles. The van der Waals surface area contributed by atoms with E-state index in [-0.39, 0.29) is 30.0 Å². The van der Waals surface area contributed by atoms with Gasteiger partial charge in [0.05, 0.1) is 24.8 Å². The number of benzene rings is 1. The summed E-state index contributed by atoms with van der Waals surface area (Å²) in [7, 11) is 0. The third-order valence-electron chi connectivity index (χ3n) is 6.28. The van der Waals surface area contributed by atoms with E-state index >= 15 is 0 Å². The summed E-state index contributed by atoms with van der Waals surface area (Å²) in [5.74, 6) is -0.241. The maximum atomic E-state index is 13.7. The maximum absolute atomic E-state index is 13.7. The highest BCUT2D eigenvalue weighted by Gasteiger charge is 2.39. The number of anilines is 1. The number of hydrogen-bond donors (Lipinski definition) is 1. The van der Waals surface area contributed by atoms with Crippen LogP contribution in [0.5, 0.6) is 0 Å². The van der Waals surface area contributed by atoms with Gasteiger partial charge in [-0.3, -0.25) is 14.3 Å². The van der Waals surface area contributed by atoms with Crippen molar-refractivity contribution < 1.29 is 19.1 Å². The molecule has 0 bridgehead atoms. The van der Waals surface area contributed by atoms with Crippen molar-refractivity contribution in [2.45, 2.75) is 78.7 Å². The lowest BCUT2D eigenvalue weighted by Crippen LogP contribution is -2.46. The van der Waals surface area contributed by atoms with Crippen molar-refractivity contribution in [3.63, 3.8) is 0 Å². The number of nitrogens with zero attached hydrogens (tertiary/aromatic N) is 4. The molecule has 0 spiro atoms. The summed E-state index contributed by atoms with van der Waals surface area (Å²) in [6, 6.07) is 7.29. The molecule has 1 aromatic carbocycles. The zero-order chi connectivity index (χ0) is 24.8. The predicted octanol–water partition coefficient (Wildman–Crippen LogP) is 3.74. The van der Waals surface area contributed by atoms with E-state index < -0.39 is 5.60 Å². The van der Waals surface area contributed by atoms with Gasteiger partial charge >= 0.3 is 6.09 Å². The molecule has 2 atom stereocenters. The molecule has 9 heteroatoms. The van der Waals surface area contributed by atoms with Gasteiger partial charge in [0.1, 0.15) is 11.3 Å². The predicted molar refractivity (Wildman–Crippen MR) is 127 cm³/mol. The Kier molecular flexibility index (Phi) is 6.14. The lowest BCUT2D eigenvalue weighted by Gasteiger charge is -2.36. The van der Waals surface area contributed by atoms with Gasteiger partial charge < -0.3 is 19.9 Å². The van der Waals surface area contributed by atoms with E-state index in [4.69, 9.17) is 9.84 Å². The molecule has 2 aliphatic heterocycles. The number of ether oxygens (including phenoxy) is 1. The molecular formula is C25H33N5O4. The Morgan fingerprint density at radius 1 is 1.24 bits per heavy atom. The molecule has 4 rings (SSSR count). The van der Waals surface area contributed by atoms with Gasteiger partial charge in [-0.25, -0.2) is 4.79 Å². The first-order chi connectivity index (χ1) is 15.9. The average Bonchev–Trinajstić information content (AvgIpc) is 3.09. The van der Waals surface area contributed by atoms with Crippen molar-refractivity contribution in [3.05, 3.63) is 46.8 Å². The summed E-state index contributed by atoms with van der Waals surface area (Å²) in [5.41, 5.74) is 3.27. The standard InChI is InChI=1S/C25H33N5O4/c1-15-12-21-20(14-29(15)24(33)34-25(4,5)6)22-23(32)28(10-11-30(22)27-21)16(2)18-8-7-9-19(13-18)26-17(3)31/h7-9,13,15-16H,10-12,14H2,1-6H3,(H,26,31)/t15-,16?/m1/s1. The summed E-state index contributed by atoms with van der Waals surface area (Å²) < 4.78 is 7.39. The molecular weight excluding hydrogens is 434 g/mol. The maximum Gasteiger partial charge on any atom is 0.410 e. The Labute approximate surface area is 200 Å². The molecule has 34 heavy (non-hydrogen) atoms. The Hall–Kier alpha value is -3.36. The molecule has 2 aliphatic rings. The van der Waals surface area contributed by atoms with E-state index in [1.54, 1.807) is 9.58 Å². The minimum absolute atomic E-state index is 0.0686. The van der Waals surface area contributed by atoms with Gasteiger partial charge in [0.25, 0.3) is 5.91 Å². The van der Waals surface area contributed by atoms with Crippen LogP contribution in [0.2, 0.25) is 0 Å². The van der Waals surface area contributed by atoms with Crippen LogP contribution in [0.15, 0.2) is 24.3 Å². The van der Waals surface area contributed by atoms with Crippen molar-refractivity contribution in [2.24, 2.45) is 0 Å². The van der Waals surface area contributed by atoms with E-state index in [2.05, 4.69) is 5.32 Å². The van der Waals surface area contributed by atoms with Gasteiger partial charge in [0.15, 0.2) is 0 Å². The summed E-state index contributed by atoms with van der Waals surface area (Å²) in [6.07, 6.45) is 0.199. The lowest BCUT2D eigenvalue weighted by atomic mass is 9.98. The fraction of sp³-hybridized carbons (Fsp3) is 0.520. The molecule has 9 nitrogen and oxygen atoms in total. The van der Waals surface area contributed by atoms with Gasteiger partial charge in [-0.2, -0.15) is 5.10 Å². The average molecular weight is 468 g/mol. The first-order valence-electron chi connectivity index (χ1n) is 11.7. The Morgan fingerprint density at radius 2 is 1.97 bits per heavy atom. The first kappa shape index (κ1) is 23.8. The van der Waals surface area contributed by atoms with E-state index in [1.165, 1.54) is 6.92 Å². The molecule has 182 valence electrons. The zero-order valence-electron chi connectivity index (χ0n) is 20.7. The molecule has 0 saturated carbocycles. The molecule has 0 aliphatic carbocycles. The van der Waals surface area contributed by atoms with Crippen molar-refractivity contribution in [1.82, 2.24) is 19.6 Å². The van der Waals surface area contributed by atoms with Gasteiger partial charge in [-0.05, 0) is 52.3 Å². The van der Waals surface area contributed by atoms with Crippen LogP contribution in [0.3, 0.4) is 0 Å². The Balaban J connectivity index is 1.60.